The topological polar surface area (TPSA) is 166 Å². The first-order chi connectivity index (χ1) is 29.3. The summed E-state index contributed by atoms with van der Waals surface area (Å²) in [5.74, 6) is -0.452. The van der Waals surface area contributed by atoms with Crippen molar-refractivity contribution >= 4 is 79.1 Å². The molecule has 4 aliphatic heterocycles. The number of carbonyl (C=O) groups is 2. The Hall–Kier alpha value is -5.59. The van der Waals surface area contributed by atoms with Gasteiger partial charge in [-0.2, -0.15) is 5.10 Å². The number of phenolic OH excluding ortho intramolecular Hbond substituents is 1. The molecule has 0 aliphatic carbocycles. The Kier molecular flexibility index (Phi) is 11.7. The zero-order valence-corrected chi connectivity index (χ0v) is 35.0. The Morgan fingerprint density at radius 2 is 1.75 bits per heavy atom. The van der Waals surface area contributed by atoms with Crippen molar-refractivity contribution in [1.82, 2.24) is 24.7 Å². The second-order valence-electron chi connectivity index (χ2n) is 15.6. The van der Waals surface area contributed by atoms with Crippen molar-refractivity contribution in [2.24, 2.45) is 21.0 Å². The Labute approximate surface area is 356 Å². The van der Waals surface area contributed by atoms with Gasteiger partial charge in [-0.15, -0.1) is 11.3 Å². The van der Waals surface area contributed by atoms with Crippen LogP contribution < -0.4 is 15.2 Å². The molecule has 3 aromatic carbocycles. The number of amidine groups is 1. The number of thiazole rings is 2. The molecule has 9 rings (SSSR count). The summed E-state index contributed by atoms with van der Waals surface area (Å²) < 4.78 is 1.00. The number of rotatable bonds is 14. The summed E-state index contributed by atoms with van der Waals surface area (Å²) in [5.41, 5.74) is 4.33. The number of carbonyl (C=O) groups excluding carboxylic acids is 1. The van der Waals surface area contributed by atoms with E-state index in [2.05, 4.69) is 53.0 Å². The van der Waals surface area contributed by atoms with Crippen LogP contribution in [0, 0.1) is 5.92 Å². The van der Waals surface area contributed by atoms with E-state index in [4.69, 9.17) is 10.1 Å². The number of likely N-dealkylation sites (N-methyl/N-ethyl adjacent to an activating group) is 1. The van der Waals surface area contributed by atoms with Crippen LogP contribution in [0.3, 0.4) is 0 Å². The first-order valence-corrected chi connectivity index (χ1v) is 22.0. The number of aliphatic imine (C=N–C) groups is 2. The van der Waals surface area contributed by atoms with E-state index in [0.29, 0.717) is 54.7 Å². The molecule has 2 unspecified atom stereocenters. The van der Waals surface area contributed by atoms with E-state index in [0.717, 1.165) is 83.4 Å². The van der Waals surface area contributed by atoms with Crippen LogP contribution in [0.2, 0.25) is 0 Å². The molecule has 60 heavy (non-hydrogen) atoms. The Morgan fingerprint density at radius 1 is 0.933 bits per heavy atom. The number of fused-ring (bicyclic) bond motifs is 3. The first kappa shape index (κ1) is 39.8. The Bertz CT molecular complexity index is 2420. The van der Waals surface area contributed by atoms with Gasteiger partial charge in [0.05, 0.1) is 21.8 Å². The molecule has 1 saturated heterocycles. The minimum atomic E-state index is -1.04. The lowest BCUT2D eigenvalue weighted by Crippen LogP contribution is -2.48. The van der Waals surface area contributed by atoms with E-state index in [1.165, 1.54) is 22.7 Å². The number of aromatic hydroxyl groups is 1. The summed E-state index contributed by atoms with van der Waals surface area (Å²) in [6, 6.07) is 20.5. The monoisotopic (exact) mass is 845 g/mol. The minimum Gasteiger partial charge on any atom is -0.508 e. The zero-order valence-electron chi connectivity index (χ0n) is 33.4. The normalized spacial score (nSPS) is 19.2. The summed E-state index contributed by atoms with van der Waals surface area (Å²) in [6.07, 6.45) is 6.24. The molecule has 0 saturated carbocycles. The number of aromatic carboxylic acids is 1. The maximum absolute atomic E-state index is 13.7. The molecule has 17 heteroatoms. The van der Waals surface area contributed by atoms with Crippen molar-refractivity contribution in [3.05, 3.63) is 94.0 Å². The lowest BCUT2D eigenvalue weighted by Gasteiger charge is -2.35. The highest BCUT2D eigenvalue weighted by Gasteiger charge is 2.38. The second-order valence-corrected chi connectivity index (χ2v) is 17.6. The van der Waals surface area contributed by atoms with E-state index in [-0.39, 0.29) is 29.4 Å². The molecular formula is C43H47N11O4S2. The number of benzene rings is 3. The second kappa shape index (κ2) is 17.6. The largest absolute Gasteiger partial charge is 0.508 e. The fraction of sp³-hybridized carbons (Fsp3) is 0.372. The quantitative estimate of drug-likeness (QED) is 0.125. The van der Waals surface area contributed by atoms with Crippen molar-refractivity contribution in [2.75, 3.05) is 74.6 Å². The number of hydrazone groups is 1. The number of hydrogen-bond donors (Lipinski definition) is 3. The predicted octanol–water partition coefficient (Wildman–Crippen LogP) is 5.73. The van der Waals surface area contributed by atoms with Gasteiger partial charge in [0.1, 0.15) is 24.1 Å². The molecule has 0 spiro atoms. The summed E-state index contributed by atoms with van der Waals surface area (Å²) in [5, 5.41) is 30.9. The number of aryl methyl sites for hydroxylation is 1. The van der Waals surface area contributed by atoms with Gasteiger partial charge in [-0.05, 0) is 92.9 Å². The van der Waals surface area contributed by atoms with Crippen molar-refractivity contribution in [3.8, 4) is 5.75 Å². The lowest BCUT2D eigenvalue weighted by molar-refractivity contribution is 0.0689. The summed E-state index contributed by atoms with van der Waals surface area (Å²) >= 11 is 2.87. The highest BCUT2D eigenvalue weighted by atomic mass is 32.1. The number of aromatic nitrogens is 2. The predicted molar refractivity (Wildman–Crippen MR) is 239 cm³/mol. The van der Waals surface area contributed by atoms with Gasteiger partial charge < -0.3 is 24.9 Å². The number of hydrogen-bond acceptors (Lipinski definition) is 15. The summed E-state index contributed by atoms with van der Waals surface area (Å²) in [6.45, 7) is 7.84. The van der Waals surface area contributed by atoms with E-state index in [1.54, 1.807) is 23.5 Å². The fourth-order valence-electron chi connectivity index (χ4n) is 8.37. The third-order valence-corrected chi connectivity index (χ3v) is 13.7. The highest BCUT2D eigenvalue weighted by Crippen LogP contribution is 2.34. The molecule has 2 aromatic heterocycles. The molecule has 1 amide bonds. The van der Waals surface area contributed by atoms with E-state index >= 15 is 0 Å². The van der Waals surface area contributed by atoms with Crippen LogP contribution in [0.5, 0.6) is 5.75 Å². The third kappa shape index (κ3) is 8.53. The molecular weight excluding hydrogens is 799 g/mol. The van der Waals surface area contributed by atoms with Gasteiger partial charge in [-0.25, -0.2) is 24.8 Å². The van der Waals surface area contributed by atoms with Crippen LogP contribution in [0.15, 0.2) is 81.8 Å². The van der Waals surface area contributed by atoms with Crippen LogP contribution in [-0.4, -0.2) is 131 Å². The summed E-state index contributed by atoms with van der Waals surface area (Å²) in [7, 11) is 2.17. The first-order valence-electron chi connectivity index (χ1n) is 20.4. The zero-order chi connectivity index (χ0) is 41.2. The number of nitrogens with zero attached hydrogens (tertiary/aromatic N) is 10. The van der Waals surface area contributed by atoms with Crippen LogP contribution in [0.25, 0.3) is 10.2 Å². The molecule has 5 aromatic rings. The summed E-state index contributed by atoms with van der Waals surface area (Å²) in [4.78, 5) is 55.2. The number of phenols is 1. The highest BCUT2D eigenvalue weighted by molar-refractivity contribution is 7.22. The SMILES string of the molecule is CN1CCN(CCCN(CCCc2sc(N3CCc4cccc(C(=O)Nc5nc6ccccc6s5)c4C3)nc2C(=O)O)C2N=CN=C3C2C=NN3c2ccc(O)cc2)CC1. The van der Waals surface area contributed by atoms with Crippen molar-refractivity contribution in [3.63, 3.8) is 0 Å². The number of nitrogens with one attached hydrogen (secondary N) is 1. The van der Waals surface area contributed by atoms with Gasteiger partial charge in [0, 0.05) is 69.0 Å². The molecule has 0 bridgehead atoms. The average molecular weight is 846 g/mol. The molecule has 2 atom stereocenters. The number of amides is 1. The number of para-hydroxylation sites is 1. The van der Waals surface area contributed by atoms with Gasteiger partial charge in [0.2, 0.25) is 0 Å². The van der Waals surface area contributed by atoms with Crippen molar-refractivity contribution in [1.29, 1.82) is 0 Å². The standard InChI is InChI=1S/C43H47N11O4S2/c1-50-21-23-51(24-22-50)17-6-19-52(38-32-25-46-54(39(32)45-27-44-38)29-12-14-30(55)15-13-29)18-5-11-36-37(41(57)58)48-43(60-36)53-20-16-28-7-4-8-31(33(28)26-53)40(56)49-42-47-34-9-2-3-10-35(34)59-42/h2-4,7-10,12-15,25,27,32,38,55H,5-6,11,16-24,26H2,1H3,(H,57,58)(H,47,49,56). The molecule has 0 radical (unpaired) electrons. The van der Waals surface area contributed by atoms with Crippen molar-refractivity contribution in [2.45, 2.75) is 38.4 Å². The van der Waals surface area contributed by atoms with Crippen LogP contribution >= 0.6 is 22.7 Å². The molecule has 1 fully saturated rings. The number of carboxylic acid groups (broad SMARTS) is 1. The maximum Gasteiger partial charge on any atom is 0.355 e. The fourth-order valence-corrected chi connectivity index (χ4v) is 10.3. The van der Waals surface area contributed by atoms with Crippen molar-refractivity contribution < 1.29 is 19.8 Å². The lowest BCUT2D eigenvalue weighted by atomic mass is 9.94. The molecule has 6 heterocycles. The number of carboxylic acids is 1. The van der Waals surface area contributed by atoms with E-state index < -0.39 is 5.97 Å². The van der Waals surface area contributed by atoms with Gasteiger partial charge in [-0.1, -0.05) is 35.6 Å². The van der Waals surface area contributed by atoms with Gasteiger partial charge in [-0.3, -0.25) is 20.0 Å². The Morgan fingerprint density at radius 3 is 2.57 bits per heavy atom. The number of piperazine rings is 1. The Balaban J connectivity index is 0.889. The smallest absolute Gasteiger partial charge is 0.355 e. The molecule has 4 aliphatic rings. The van der Waals surface area contributed by atoms with Crippen LogP contribution in [-0.2, 0) is 19.4 Å². The van der Waals surface area contributed by atoms with Gasteiger partial charge >= 0.3 is 5.97 Å². The molecule has 15 nitrogen and oxygen atoms in total. The maximum atomic E-state index is 13.7. The third-order valence-electron chi connectivity index (χ3n) is 11.6. The van der Waals surface area contributed by atoms with E-state index in [9.17, 15) is 19.8 Å². The van der Waals surface area contributed by atoms with E-state index in [1.807, 2.05) is 54.7 Å². The van der Waals surface area contributed by atoms with Crippen LogP contribution in [0.1, 0.15) is 49.7 Å². The number of anilines is 3. The van der Waals surface area contributed by atoms with Gasteiger partial charge in [0.25, 0.3) is 5.91 Å². The average Bonchev–Trinajstić information content (AvgIpc) is 4.01. The van der Waals surface area contributed by atoms with Crippen LogP contribution in [0.4, 0.5) is 16.0 Å². The molecule has 3 N–H and O–H groups in total. The van der Waals surface area contributed by atoms with Gasteiger partial charge in [0.15, 0.2) is 16.0 Å². The molecule has 310 valence electrons. The minimum absolute atomic E-state index is 0.0850.